The summed E-state index contributed by atoms with van der Waals surface area (Å²) in [6.45, 7) is 2.35. The lowest BCUT2D eigenvalue weighted by Crippen LogP contribution is -2.15. The van der Waals surface area contributed by atoms with Crippen LogP contribution >= 0.6 is 0 Å². The van der Waals surface area contributed by atoms with Gasteiger partial charge in [0.15, 0.2) is 0 Å². The van der Waals surface area contributed by atoms with E-state index in [9.17, 15) is 4.39 Å². The molecule has 0 amide bonds. The Labute approximate surface area is 123 Å². The van der Waals surface area contributed by atoms with Crippen LogP contribution in [-0.2, 0) is 19.6 Å². The van der Waals surface area contributed by atoms with Crippen molar-refractivity contribution in [2.75, 3.05) is 6.61 Å². The van der Waals surface area contributed by atoms with Crippen molar-refractivity contribution in [1.29, 1.82) is 0 Å². The van der Waals surface area contributed by atoms with Crippen molar-refractivity contribution < 1.29 is 9.50 Å². The van der Waals surface area contributed by atoms with Gasteiger partial charge in [0.1, 0.15) is 12.4 Å². The first-order valence-electron chi connectivity index (χ1n) is 6.93. The fraction of sp³-hybridized carbons (Fsp3) is 0.222. The third-order valence-electron chi connectivity index (χ3n) is 3.65. The third-order valence-corrected chi connectivity index (χ3v) is 3.65. The van der Waals surface area contributed by atoms with Crippen molar-refractivity contribution in [3.63, 3.8) is 0 Å². The number of hydrogen-bond donors (Lipinski definition) is 1. The van der Waals surface area contributed by atoms with Gasteiger partial charge in [-0.3, -0.25) is 4.90 Å². The summed E-state index contributed by atoms with van der Waals surface area (Å²) in [6, 6.07) is 13.4. The number of rotatable bonds is 2. The van der Waals surface area contributed by atoms with Crippen LogP contribution in [0.15, 0.2) is 42.5 Å². The lowest BCUT2D eigenvalue weighted by atomic mass is 10.1. The standard InChI is InChI=1S/C18H16FNO/c19-18-8-7-14(10-15(18)6-3-9-21)11-20-12-16-4-1-2-5-17(16)13-20/h1-2,4-5,7-8,10,21H,9,11-13H2. The molecule has 2 nitrogen and oxygen atoms in total. The van der Waals surface area contributed by atoms with Gasteiger partial charge in [0.25, 0.3) is 0 Å². The summed E-state index contributed by atoms with van der Waals surface area (Å²) in [5, 5.41) is 8.71. The van der Waals surface area contributed by atoms with Crippen LogP contribution in [0.25, 0.3) is 0 Å². The van der Waals surface area contributed by atoms with E-state index in [-0.39, 0.29) is 12.4 Å². The Morgan fingerprint density at radius 1 is 1.10 bits per heavy atom. The van der Waals surface area contributed by atoms with Crippen molar-refractivity contribution in [1.82, 2.24) is 4.90 Å². The number of fused-ring (bicyclic) bond motifs is 1. The molecule has 1 aliphatic heterocycles. The topological polar surface area (TPSA) is 23.5 Å². The molecule has 0 radical (unpaired) electrons. The molecule has 3 rings (SSSR count). The van der Waals surface area contributed by atoms with E-state index in [0.29, 0.717) is 5.56 Å². The first-order valence-corrected chi connectivity index (χ1v) is 6.93. The third kappa shape index (κ3) is 3.13. The molecule has 0 aliphatic carbocycles. The molecule has 0 saturated carbocycles. The Morgan fingerprint density at radius 3 is 2.48 bits per heavy atom. The summed E-state index contributed by atoms with van der Waals surface area (Å²) < 4.78 is 13.6. The molecule has 3 heteroatoms. The van der Waals surface area contributed by atoms with E-state index in [4.69, 9.17) is 5.11 Å². The summed E-state index contributed by atoms with van der Waals surface area (Å²) in [7, 11) is 0. The average molecular weight is 281 g/mol. The van der Waals surface area contributed by atoms with Crippen LogP contribution in [0, 0.1) is 17.7 Å². The van der Waals surface area contributed by atoms with Gasteiger partial charge in [-0.2, -0.15) is 0 Å². The lowest BCUT2D eigenvalue weighted by Gasteiger charge is -2.15. The summed E-state index contributed by atoms with van der Waals surface area (Å²) in [4.78, 5) is 2.32. The largest absolute Gasteiger partial charge is 0.384 e. The van der Waals surface area contributed by atoms with Gasteiger partial charge in [-0.15, -0.1) is 0 Å². The SMILES string of the molecule is OCC#Cc1cc(CN2Cc3ccccc3C2)ccc1F. The average Bonchev–Trinajstić information content (AvgIpc) is 2.90. The predicted octanol–water partition coefficient (Wildman–Crippen LogP) is 2.69. The van der Waals surface area contributed by atoms with Crippen LogP contribution in [-0.4, -0.2) is 16.6 Å². The molecular formula is C18H16FNO. The van der Waals surface area contributed by atoms with Crippen molar-refractivity contribution in [2.24, 2.45) is 0 Å². The second-order valence-electron chi connectivity index (χ2n) is 5.19. The Hall–Kier alpha value is -2.15. The number of halogens is 1. The highest BCUT2D eigenvalue weighted by Gasteiger charge is 2.18. The molecule has 0 fully saturated rings. The summed E-state index contributed by atoms with van der Waals surface area (Å²) >= 11 is 0. The second-order valence-corrected chi connectivity index (χ2v) is 5.19. The minimum absolute atomic E-state index is 0.259. The van der Waals surface area contributed by atoms with Gasteiger partial charge in [-0.25, -0.2) is 4.39 Å². The maximum Gasteiger partial charge on any atom is 0.138 e. The fourth-order valence-electron chi connectivity index (χ4n) is 2.68. The van der Waals surface area contributed by atoms with Crippen LogP contribution in [0.4, 0.5) is 4.39 Å². The maximum atomic E-state index is 13.6. The van der Waals surface area contributed by atoms with E-state index < -0.39 is 0 Å². The normalized spacial score (nSPS) is 13.6. The van der Waals surface area contributed by atoms with Crippen molar-refractivity contribution >= 4 is 0 Å². The highest BCUT2D eigenvalue weighted by molar-refractivity contribution is 5.39. The van der Waals surface area contributed by atoms with E-state index in [1.807, 2.05) is 0 Å². The molecule has 1 heterocycles. The summed E-state index contributed by atoms with van der Waals surface area (Å²) in [6.07, 6.45) is 0. The first kappa shape index (κ1) is 13.8. The molecule has 2 aromatic rings. The molecule has 0 aromatic heterocycles. The summed E-state index contributed by atoms with van der Waals surface area (Å²) in [5.41, 5.74) is 4.10. The number of nitrogens with zero attached hydrogens (tertiary/aromatic N) is 1. The van der Waals surface area contributed by atoms with Crippen LogP contribution in [0.5, 0.6) is 0 Å². The van der Waals surface area contributed by atoms with E-state index in [2.05, 4.69) is 41.0 Å². The second kappa shape index (κ2) is 6.09. The molecule has 2 aromatic carbocycles. The van der Waals surface area contributed by atoms with Crippen molar-refractivity contribution in [3.8, 4) is 11.8 Å². The Bertz CT molecular complexity index is 690. The highest BCUT2D eigenvalue weighted by Crippen LogP contribution is 2.24. The summed E-state index contributed by atoms with van der Waals surface area (Å²) in [5.74, 6) is 4.80. The zero-order chi connectivity index (χ0) is 14.7. The quantitative estimate of drug-likeness (QED) is 0.856. The minimum atomic E-state index is -0.343. The smallest absolute Gasteiger partial charge is 0.138 e. The first-order chi connectivity index (χ1) is 10.3. The van der Waals surface area contributed by atoms with Gasteiger partial charge in [0.2, 0.25) is 0 Å². The van der Waals surface area contributed by atoms with Crippen molar-refractivity contribution in [3.05, 3.63) is 70.5 Å². The van der Waals surface area contributed by atoms with Crippen molar-refractivity contribution in [2.45, 2.75) is 19.6 Å². The van der Waals surface area contributed by atoms with E-state index >= 15 is 0 Å². The molecule has 0 bridgehead atoms. The predicted molar refractivity (Wildman–Crippen MR) is 79.8 cm³/mol. The molecule has 21 heavy (non-hydrogen) atoms. The van der Waals surface area contributed by atoms with E-state index in [1.165, 1.54) is 17.2 Å². The Balaban J connectivity index is 1.75. The number of aliphatic hydroxyl groups excluding tert-OH is 1. The van der Waals surface area contributed by atoms with Crippen LogP contribution in [0.3, 0.4) is 0 Å². The highest BCUT2D eigenvalue weighted by atomic mass is 19.1. The van der Waals surface area contributed by atoms with Crippen LogP contribution < -0.4 is 0 Å². The zero-order valence-electron chi connectivity index (χ0n) is 11.6. The zero-order valence-corrected chi connectivity index (χ0v) is 11.6. The van der Waals surface area contributed by atoms with Gasteiger partial charge < -0.3 is 5.11 Å². The van der Waals surface area contributed by atoms with E-state index in [0.717, 1.165) is 25.2 Å². The minimum Gasteiger partial charge on any atom is -0.384 e. The number of hydrogen-bond acceptors (Lipinski definition) is 2. The molecule has 0 saturated heterocycles. The Kier molecular flexibility index (Phi) is 4.01. The Morgan fingerprint density at radius 2 is 1.81 bits per heavy atom. The molecule has 1 aliphatic rings. The van der Waals surface area contributed by atoms with Gasteiger partial charge in [0, 0.05) is 19.6 Å². The number of aliphatic hydroxyl groups is 1. The molecule has 0 unspecified atom stereocenters. The van der Waals surface area contributed by atoms with Gasteiger partial charge in [0.05, 0.1) is 5.56 Å². The monoisotopic (exact) mass is 281 g/mol. The van der Waals surface area contributed by atoms with Gasteiger partial charge in [-0.05, 0) is 28.8 Å². The van der Waals surface area contributed by atoms with Gasteiger partial charge in [-0.1, -0.05) is 42.2 Å². The number of benzene rings is 2. The lowest BCUT2D eigenvalue weighted by molar-refractivity contribution is 0.275. The van der Waals surface area contributed by atoms with Gasteiger partial charge >= 0.3 is 0 Å². The van der Waals surface area contributed by atoms with E-state index in [1.54, 1.807) is 12.1 Å². The van der Waals surface area contributed by atoms with Crippen LogP contribution in [0.2, 0.25) is 0 Å². The van der Waals surface area contributed by atoms with Crippen LogP contribution in [0.1, 0.15) is 22.3 Å². The molecule has 106 valence electrons. The fourth-order valence-corrected chi connectivity index (χ4v) is 2.68. The molecule has 0 spiro atoms. The maximum absolute atomic E-state index is 13.6. The molecule has 1 N–H and O–H groups in total. The molecular weight excluding hydrogens is 265 g/mol. The molecule has 0 atom stereocenters.